The molecule has 3 rings (SSSR count). The van der Waals surface area contributed by atoms with Crippen LogP contribution in [0.25, 0.3) is 0 Å². The van der Waals surface area contributed by atoms with Crippen LogP contribution in [0.1, 0.15) is 66.2 Å². The second-order valence-electron chi connectivity index (χ2n) is 10.4. The number of rotatable bonds is 5. The number of esters is 1. The first-order chi connectivity index (χ1) is 14.5. The lowest BCUT2D eigenvalue weighted by Gasteiger charge is -2.41. The van der Waals surface area contributed by atoms with Gasteiger partial charge in [-0.1, -0.05) is 37.3 Å². The molecule has 172 valence electrons. The second kappa shape index (κ2) is 9.43. The van der Waals surface area contributed by atoms with Crippen LogP contribution in [0.4, 0.5) is 0 Å². The number of hydrogen-bond donors (Lipinski definition) is 2. The van der Waals surface area contributed by atoms with Crippen LogP contribution in [0.2, 0.25) is 0 Å². The molecule has 2 N–H and O–H groups in total. The fourth-order valence-electron chi connectivity index (χ4n) is 5.21. The van der Waals surface area contributed by atoms with E-state index < -0.39 is 17.8 Å². The van der Waals surface area contributed by atoms with Crippen LogP contribution in [0.15, 0.2) is 47.1 Å². The first kappa shape index (κ1) is 24.0. The molecule has 0 aromatic heterocycles. The van der Waals surface area contributed by atoms with E-state index in [0.29, 0.717) is 25.4 Å². The van der Waals surface area contributed by atoms with Crippen molar-refractivity contribution in [3.8, 4) is 0 Å². The van der Waals surface area contributed by atoms with Crippen LogP contribution in [0, 0.1) is 11.3 Å². The summed E-state index contributed by atoms with van der Waals surface area (Å²) in [7, 11) is 0. The standard InChI is InChI=1S/C26H38O5/c1-17-19(13-21(27)14-23(17)28)9-8-18-7-6-12-26(5)20(10-11-22(18)26)15-30-16-24(29)31-25(2,3)4/h8-10,21-23,27-28H,1,6-7,11-16H2,2-5H3/t21-,22+,23+,26-/m1/s1. The van der Waals surface area contributed by atoms with Crippen molar-refractivity contribution < 1.29 is 24.5 Å². The molecular formula is C26H38O5. The molecule has 0 unspecified atom stereocenters. The lowest BCUT2D eigenvalue weighted by molar-refractivity contribution is -0.160. The fourth-order valence-corrected chi connectivity index (χ4v) is 5.21. The maximum atomic E-state index is 11.9. The van der Waals surface area contributed by atoms with Crippen molar-refractivity contribution in [2.75, 3.05) is 13.2 Å². The van der Waals surface area contributed by atoms with Crippen LogP contribution in [-0.2, 0) is 14.3 Å². The number of fused-ring (bicyclic) bond motifs is 1. The first-order valence-electron chi connectivity index (χ1n) is 11.4. The van der Waals surface area contributed by atoms with Crippen LogP contribution < -0.4 is 0 Å². The Kier molecular flexibility index (Phi) is 7.29. The van der Waals surface area contributed by atoms with Crippen molar-refractivity contribution in [3.05, 3.63) is 47.1 Å². The average Bonchev–Trinajstić information content (AvgIpc) is 2.99. The Morgan fingerprint density at radius 2 is 2.06 bits per heavy atom. The van der Waals surface area contributed by atoms with E-state index in [1.165, 1.54) is 11.1 Å². The topological polar surface area (TPSA) is 76.0 Å². The minimum Gasteiger partial charge on any atom is -0.458 e. The summed E-state index contributed by atoms with van der Waals surface area (Å²) in [5.41, 5.74) is 3.88. The van der Waals surface area contributed by atoms with Crippen LogP contribution in [-0.4, -0.2) is 47.2 Å². The average molecular weight is 431 g/mol. The Morgan fingerprint density at radius 3 is 2.77 bits per heavy atom. The molecule has 2 fully saturated rings. The van der Waals surface area contributed by atoms with E-state index in [4.69, 9.17) is 9.47 Å². The summed E-state index contributed by atoms with van der Waals surface area (Å²) in [6.45, 7) is 12.3. The Labute approximate surface area is 186 Å². The van der Waals surface area contributed by atoms with Crippen molar-refractivity contribution in [3.63, 3.8) is 0 Å². The maximum Gasteiger partial charge on any atom is 0.332 e. The Hall–Kier alpha value is -1.69. The molecule has 0 radical (unpaired) electrons. The number of carbonyl (C=O) groups is 1. The fraction of sp³-hybridized carbons (Fsp3) is 0.654. The molecule has 5 nitrogen and oxygen atoms in total. The third kappa shape index (κ3) is 5.76. The van der Waals surface area contributed by atoms with E-state index >= 15 is 0 Å². The lowest BCUT2D eigenvalue weighted by Crippen LogP contribution is -2.32. The van der Waals surface area contributed by atoms with Crippen molar-refractivity contribution in [2.45, 2.75) is 84.0 Å². The molecule has 0 saturated heterocycles. The minimum atomic E-state index is -0.660. The number of aliphatic hydroxyl groups excluding tert-OH is 2. The predicted molar refractivity (Wildman–Crippen MR) is 121 cm³/mol. The number of hydrogen-bond acceptors (Lipinski definition) is 5. The van der Waals surface area contributed by atoms with Gasteiger partial charge in [0, 0.05) is 6.42 Å². The third-order valence-electron chi connectivity index (χ3n) is 6.87. The number of allylic oxidation sites excluding steroid dienone is 4. The zero-order chi connectivity index (χ0) is 22.8. The number of ether oxygens (including phenoxy) is 2. The highest BCUT2D eigenvalue weighted by atomic mass is 16.6. The molecule has 0 aromatic carbocycles. The summed E-state index contributed by atoms with van der Waals surface area (Å²) in [5, 5.41) is 20.1. The molecule has 0 aromatic rings. The molecule has 5 heteroatoms. The predicted octanol–water partition coefficient (Wildman–Crippen LogP) is 4.41. The number of carbonyl (C=O) groups excluding carboxylic acids is 1. The second-order valence-corrected chi connectivity index (χ2v) is 10.4. The molecule has 2 saturated carbocycles. The van der Waals surface area contributed by atoms with Crippen LogP contribution in [0.3, 0.4) is 0 Å². The Bertz CT molecular complexity index is 797. The zero-order valence-corrected chi connectivity index (χ0v) is 19.4. The van der Waals surface area contributed by atoms with Gasteiger partial charge in [0.05, 0.1) is 18.8 Å². The van der Waals surface area contributed by atoms with E-state index in [0.717, 1.165) is 36.8 Å². The van der Waals surface area contributed by atoms with E-state index in [-0.39, 0.29) is 18.0 Å². The summed E-state index contributed by atoms with van der Waals surface area (Å²) in [6.07, 6.45) is 10.5. The Morgan fingerprint density at radius 1 is 1.32 bits per heavy atom. The molecule has 0 heterocycles. The zero-order valence-electron chi connectivity index (χ0n) is 19.4. The molecule has 31 heavy (non-hydrogen) atoms. The highest BCUT2D eigenvalue weighted by Crippen LogP contribution is 2.54. The van der Waals surface area contributed by atoms with Gasteiger partial charge in [-0.3, -0.25) is 0 Å². The first-order valence-corrected chi connectivity index (χ1v) is 11.4. The Balaban J connectivity index is 1.64. The van der Waals surface area contributed by atoms with Crippen molar-refractivity contribution in [1.82, 2.24) is 0 Å². The maximum absolute atomic E-state index is 11.9. The highest BCUT2D eigenvalue weighted by Gasteiger charge is 2.44. The molecular weight excluding hydrogens is 392 g/mol. The van der Waals surface area contributed by atoms with Crippen LogP contribution >= 0.6 is 0 Å². The van der Waals surface area contributed by atoms with Crippen LogP contribution in [0.5, 0.6) is 0 Å². The van der Waals surface area contributed by atoms with E-state index in [9.17, 15) is 15.0 Å². The largest absolute Gasteiger partial charge is 0.458 e. The van der Waals surface area contributed by atoms with E-state index in [1.807, 2.05) is 26.8 Å². The molecule has 0 amide bonds. The summed E-state index contributed by atoms with van der Waals surface area (Å²) in [4.78, 5) is 11.9. The summed E-state index contributed by atoms with van der Waals surface area (Å²) < 4.78 is 11.0. The molecule has 3 aliphatic rings. The monoisotopic (exact) mass is 430 g/mol. The van der Waals surface area contributed by atoms with Crippen molar-refractivity contribution >= 4 is 5.97 Å². The molecule has 0 bridgehead atoms. The van der Waals surface area contributed by atoms with E-state index in [1.54, 1.807) is 0 Å². The summed E-state index contributed by atoms with van der Waals surface area (Å²) in [6, 6.07) is 0. The SMILES string of the molecule is C=C1C(=CC=C2CCC[C@]3(C)C(COCC(=O)OC(C)(C)C)=CC[C@@H]23)C[C@@H](O)C[C@@H]1O. The van der Waals surface area contributed by atoms with Gasteiger partial charge in [0.15, 0.2) is 0 Å². The molecule has 4 atom stereocenters. The molecule has 3 aliphatic carbocycles. The van der Waals surface area contributed by atoms with Gasteiger partial charge in [-0.15, -0.1) is 0 Å². The minimum absolute atomic E-state index is 0.0308. The van der Waals surface area contributed by atoms with Gasteiger partial charge in [0.2, 0.25) is 0 Å². The van der Waals surface area contributed by atoms with Gasteiger partial charge in [-0.05, 0) is 80.9 Å². The highest BCUT2D eigenvalue weighted by molar-refractivity contribution is 5.71. The number of aliphatic hydroxyl groups is 2. The van der Waals surface area contributed by atoms with Gasteiger partial charge in [0.1, 0.15) is 12.2 Å². The van der Waals surface area contributed by atoms with Gasteiger partial charge < -0.3 is 19.7 Å². The van der Waals surface area contributed by atoms with Crippen molar-refractivity contribution in [1.29, 1.82) is 0 Å². The summed E-state index contributed by atoms with van der Waals surface area (Å²) in [5.74, 6) is 0.0886. The van der Waals surface area contributed by atoms with Gasteiger partial charge in [-0.2, -0.15) is 0 Å². The smallest absolute Gasteiger partial charge is 0.332 e. The molecule has 0 spiro atoms. The lowest BCUT2D eigenvalue weighted by atomic mass is 9.64. The molecule has 0 aliphatic heterocycles. The normalized spacial score (nSPS) is 34.1. The van der Waals surface area contributed by atoms with E-state index in [2.05, 4.69) is 25.7 Å². The third-order valence-corrected chi connectivity index (χ3v) is 6.87. The van der Waals surface area contributed by atoms with Crippen molar-refractivity contribution in [2.24, 2.45) is 11.3 Å². The van der Waals surface area contributed by atoms with Gasteiger partial charge in [-0.25, -0.2) is 4.79 Å². The van der Waals surface area contributed by atoms with Gasteiger partial charge in [0.25, 0.3) is 0 Å². The summed E-state index contributed by atoms with van der Waals surface area (Å²) >= 11 is 0. The quantitative estimate of drug-likeness (QED) is 0.499. The van der Waals surface area contributed by atoms with Gasteiger partial charge >= 0.3 is 5.97 Å².